The van der Waals surface area contributed by atoms with Crippen molar-refractivity contribution in [3.05, 3.63) is 58.6 Å². The lowest BCUT2D eigenvalue weighted by Crippen LogP contribution is -2.53. The Labute approximate surface area is 184 Å². The standard InChI is InChI=1S/C20H19Cl2N3O4S/c21-14-1-5-16(6-2-14)25-19(26)13-18(20(25)27)23-9-11-24(12-10-23)30(28,29)17-7-3-15(22)4-8-17/h1-8,18H,9-13H2/t18-/m1/s1. The molecule has 2 aliphatic rings. The third kappa shape index (κ3) is 3.98. The molecule has 2 heterocycles. The number of sulfonamides is 1. The van der Waals surface area contributed by atoms with E-state index >= 15 is 0 Å². The molecule has 4 rings (SSSR count). The van der Waals surface area contributed by atoms with Crippen LogP contribution in [0.15, 0.2) is 53.4 Å². The summed E-state index contributed by atoms with van der Waals surface area (Å²) in [5.74, 6) is -0.570. The minimum absolute atomic E-state index is 0.0748. The number of carbonyl (C=O) groups excluding carboxylic acids is 2. The molecule has 30 heavy (non-hydrogen) atoms. The molecule has 7 nitrogen and oxygen atoms in total. The van der Waals surface area contributed by atoms with Gasteiger partial charge in [-0.2, -0.15) is 4.31 Å². The van der Waals surface area contributed by atoms with Crippen molar-refractivity contribution in [2.24, 2.45) is 0 Å². The largest absolute Gasteiger partial charge is 0.289 e. The van der Waals surface area contributed by atoms with Crippen molar-refractivity contribution in [3.8, 4) is 0 Å². The maximum absolute atomic E-state index is 12.9. The maximum Gasteiger partial charge on any atom is 0.251 e. The smallest absolute Gasteiger partial charge is 0.251 e. The van der Waals surface area contributed by atoms with Crippen molar-refractivity contribution in [2.75, 3.05) is 31.1 Å². The second kappa shape index (κ2) is 8.28. The second-order valence-electron chi connectivity index (χ2n) is 7.16. The van der Waals surface area contributed by atoms with Gasteiger partial charge < -0.3 is 0 Å². The van der Waals surface area contributed by atoms with Gasteiger partial charge in [0.2, 0.25) is 15.9 Å². The molecule has 0 unspecified atom stereocenters. The highest BCUT2D eigenvalue weighted by molar-refractivity contribution is 7.89. The molecule has 0 bridgehead atoms. The molecular weight excluding hydrogens is 449 g/mol. The van der Waals surface area contributed by atoms with Gasteiger partial charge in [0.05, 0.1) is 23.0 Å². The van der Waals surface area contributed by atoms with Crippen LogP contribution in [0.1, 0.15) is 6.42 Å². The average molecular weight is 468 g/mol. The molecule has 0 radical (unpaired) electrons. The Bertz CT molecular complexity index is 1070. The van der Waals surface area contributed by atoms with Gasteiger partial charge in [0.15, 0.2) is 0 Å². The van der Waals surface area contributed by atoms with Crippen molar-refractivity contribution in [2.45, 2.75) is 17.4 Å². The van der Waals surface area contributed by atoms with Crippen molar-refractivity contribution < 1.29 is 18.0 Å². The SMILES string of the molecule is O=C1C[C@@H](N2CCN(S(=O)(=O)c3ccc(Cl)cc3)CC2)C(=O)N1c1ccc(Cl)cc1. The minimum Gasteiger partial charge on any atom is -0.289 e. The molecule has 2 fully saturated rings. The number of nitrogens with zero attached hydrogens (tertiary/aromatic N) is 3. The number of hydrogen-bond acceptors (Lipinski definition) is 5. The zero-order chi connectivity index (χ0) is 21.5. The number of imide groups is 1. The molecule has 2 saturated heterocycles. The monoisotopic (exact) mass is 467 g/mol. The number of hydrogen-bond donors (Lipinski definition) is 0. The number of anilines is 1. The molecule has 0 aliphatic carbocycles. The highest BCUT2D eigenvalue weighted by atomic mass is 35.5. The Morgan fingerprint density at radius 3 is 1.90 bits per heavy atom. The maximum atomic E-state index is 12.9. The molecular formula is C20H19Cl2N3O4S. The van der Waals surface area contributed by atoms with Gasteiger partial charge in [0, 0.05) is 36.2 Å². The van der Waals surface area contributed by atoms with Gasteiger partial charge in [-0.25, -0.2) is 13.3 Å². The summed E-state index contributed by atoms with van der Waals surface area (Å²) in [5, 5.41) is 0.987. The topological polar surface area (TPSA) is 78.0 Å². The number of amides is 2. The molecule has 0 saturated carbocycles. The van der Waals surface area contributed by atoms with Crippen LogP contribution >= 0.6 is 23.2 Å². The molecule has 2 amide bonds. The number of halogens is 2. The van der Waals surface area contributed by atoms with E-state index in [1.54, 1.807) is 36.4 Å². The van der Waals surface area contributed by atoms with Crippen molar-refractivity contribution in [3.63, 3.8) is 0 Å². The van der Waals surface area contributed by atoms with E-state index in [2.05, 4.69) is 0 Å². The Morgan fingerprint density at radius 1 is 0.800 bits per heavy atom. The van der Waals surface area contributed by atoms with Crippen LogP contribution in [-0.2, 0) is 19.6 Å². The molecule has 1 atom stereocenters. The molecule has 0 aromatic heterocycles. The van der Waals surface area contributed by atoms with Gasteiger partial charge in [0.1, 0.15) is 0 Å². The fourth-order valence-electron chi connectivity index (χ4n) is 3.77. The van der Waals surface area contributed by atoms with Crippen molar-refractivity contribution in [1.29, 1.82) is 0 Å². The lowest BCUT2D eigenvalue weighted by Gasteiger charge is -2.36. The fraction of sp³-hybridized carbons (Fsp3) is 0.300. The van der Waals surface area contributed by atoms with E-state index in [0.717, 1.165) is 0 Å². The van der Waals surface area contributed by atoms with Crippen LogP contribution in [0.2, 0.25) is 10.0 Å². The number of piperazine rings is 1. The third-order valence-electron chi connectivity index (χ3n) is 5.37. The van der Waals surface area contributed by atoms with Crippen molar-refractivity contribution in [1.82, 2.24) is 9.21 Å². The highest BCUT2D eigenvalue weighted by Crippen LogP contribution is 2.28. The van der Waals surface area contributed by atoms with Gasteiger partial charge >= 0.3 is 0 Å². The quantitative estimate of drug-likeness (QED) is 0.645. The lowest BCUT2D eigenvalue weighted by molar-refractivity contribution is -0.123. The van der Waals surface area contributed by atoms with Gasteiger partial charge in [-0.1, -0.05) is 23.2 Å². The van der Waals surface area contributed by atoms with E-state index in [-0.39, 0.29) is 36.2 Å². The van der Waals surface area contributed by atoms with Gasteiger partial charge in [0.25, 0.3) is 5.91 Å². The summed E-state index contributed by atoms with van der Waals surface area (Å²) in [6.07, 6.45) is 0.0748. The molecule has 0 N–H and O–H groups in total. The van der Waals surface area contributed by atoms with Gasteiger partial charge in [-0.05, 0) is 48.5 Å². The van der Waals surface area contributed by atoms with E-state index < -0.39 is 16.1 Å². The number of carbonyl (C=O) groups is 2. The Kier molecular flexibility index (Phi) is 5.87. The predicted molar refractivity (Wildman–Crippen MR) is 114 cm³/mol. The zero-order valence-electron chi connectivity index (χ0n) is 15.9. The first-order chi connectivity index (χ1) is 14.3. The van der Waals surface area contributed by atoms with Crippen LogP contribution in [0.25, 0.3) is 0 Å². The van der Waals surface area contributed by atoms with Gasteiger partial charge in [-0.15, -0.1) is 0 Å². The number of benzene rings is 2. The molecule has 0 spiro atoms. The Hall–Kier alpha value is -1.97. The van der Waals surface area contributed by atoms with Crippen LogP contribution in [0.3, 0.4) is 0 Å². The Morgan fingerprint density at radius 2 is 1.33 bits per heavy atom. The molecule has 158 valence electrons. The fourth-order valence-corrected chi connectivity index (χ4v) is 5.45. The van der Waals surface area contributed by atoms with E-state index in [1.165, 1.54) is 21.3 Å². The predicted octanol–water partition coefficient (Wildman–Crippen LogP) is 2.63. The average Bonchev–Trinajstić information content (AvgIpc) is 3.03. The zero-order valence-corrected chi connectivity index (χ0v) is 18.2. The molecule has 10 heteroatoms. The summed E-state index contributed by atoms with van der Waals surface area (Å²) < 4.78 is 27.1. The van der Waals surface area contributed by atoms with Crippen LogP contribution in [0, 0.1) is 0 Å². The Balaban J connectivity index is 1.44. The minimum atomic E-state index is -3.63. The van der Waals surface area contributed by atoms with E-state index in [4.69, 9.17) is 23.2 Å². The summed E-state index contributed by atoms with van der Waals surface area (Å²) in [6, 6.07) is 12.0. The van der Waals surface area contributed by atoms with Crippen LogP contribution in [0.4, 0.5) is 5.69 Å². The van der Waals surface area contributed by atoms with Gasteiger partial charge in [-0.3, -0.25) is 14.5 Å². The summed E-state index contributed by atoms with van der Waals surface area (Å²) in [7, 11) is -3.63. The van der Waals surface area contributed by atoms with Crippen LogP contribution < -0.4 is 4.90 Å². The third-order valence-corrected chi connectivity index (χ3v) is 7.79. The molecule has 2 aliphatic heterocycles. The van der Waals surface area contributed by atoms with E-state index in [0.29, 0.717) is 28.8 Å². The van der Waals surface area contributed by atoms with Crippen LogP contribution in [-0.4, -0.2) is 61.7 Å². The number of rotatable bonds is 4. The summed E-state index contributed by atoms with van der Waals surface area (Å²) in [4.78, 5) is 28.6. The first-order valence-corrected chi connectivity index (χ1v) is 11.6. The normalized spacial score (nSPS) is 21.4. The molecule has 2 aromatic rings. The first-order valence-electron chi connectivity index (χ1n) is 9.39. The van der Waals surface area contributed by atoms with E-state index in [1.807, 2.05) is 4.90 Å². The summed E-state index contributed by atoms with van der Waals surface area (Å²) in [6.45, 7) is 1.21. The molecule has 2 aromatic carbocycles. The highest BCUT2D eigenvalue weighted by Gasteiger charge is 2.44. The summed E-state index contributed by atoms with van der Waals surface area (Å²) in [5.41, 5.74) is 0.487. The lowest BCUT2D eigenvalue weighted by atomic mass is 10.2. The summed E-state index contributed by atoms with van der Waals surface area (Å²) >= 11 is 11.7. The first kappa shape index (κ1) is 21.3. The van der Waals surface area contributed by atoms with E-state index in [9.17, 15) is 18.0 Å². The van der Waals surface area contributed by atoms with Crippen molar-refractivity contribution >= 4 is 50.7 Å². The van der Waals surface area contributed by atoms with Crippen LogP contribution in [0.5, 0.6) is 0 Å². The second-order valence-corrected chi connectivity index (χ2v) is 9.97.